The second-order valence-corrected chi connectivity index (χ2v) is 6.37. The number of nitro benzene ring substituents is 1. The van der Waals surface area contributed by atoms with Crippen molar-refractivity contribution in [1.29, 1.82) is 0 Å². The summed E-state index contributed by atoms with van der Waals surface area (Å²) in [4.78, 5) is 9.82. The van der Waals surface area contributed by atoms with Gasteiger partial charge in [0, 0.05) is 28.3 Å². The smallest absolute Gasteiger partial charge is 0.258 e. The minimum atomic E-state index is -3.67. The van der Waals surface area contributed by atoms with Crippen LogP contribution >= 0.6 is 11.8 Å². The summed E-state index contributed by atoms with van der Waals surface area (Å²) >= 11 is 0.861. The van der Waals surface area contributed by atoms with Crippen LogP contribution in [0.2, 0.25) is 0 Å². The Morgan fingerprint density at radius 3 is 2.53 bits per heavy atom. The van der Waals surface area contributed by atoms with Gasteiger partial charge in [-0.25, -0.2) is 22.3 Å². The summed E-state index contributed by atoms with van der Waals surface area (Å²) in [5.74, 6) is -0.367. The fourth-order valence-electron chi connectivity index (χ4n) is 1.22. The van der Waals surface area contributed by atoms with E-state index in [0.717, 1.165) is 23.9 Å². The van der Waals surface area contributed by atoms with Crippen LogP contribution in [0, 0.1) is 10.1 Å². The number of halogens is 2. The lowest BCUT2D eigenvalue weighted by Gasteiger charge is -2.07. The quantitative estimate of drug-likeness (QED) is 0.491. The highest BCUT2D eigenvalue weighted by atomic mass is 32.2. The Balaban J connectivity index is 2.91. The van der Waals surface area contributed by atoms with Crippen molar-refractivity contribution in [3.63, 3.8) is 0 Å². The first-order chi connectivity index (χ1) is 8.70. The molecule has 6 nitrogen and oxygen atoms in total. The number of primary sulfonamides is 1. The maximum absolute atomic E-state index is 12.8. The second-order valence-electron chi connectivity index (χ2n) is 3.50. The maximum Gasteiger partial charge on any atom is 0.269 e. The standard InChI is InChI=1S/C9H10F2N2O4S2/c10-9(11)7-5-6(13(14)15)1-2-8(7)18-3-4-19(12,16)17/h1-2,5,9H,3-4H2,(H2,12,16,17). The molecule has 0 aromatic heterocycles. The zero-order valence-corrected chi connectivity index (χ0v) is 11.1. The van der Waals surface area contributed by atoms with Gasteiger partial charge in [-0.2, -0.15) is 0 Å². The normalized spacial score (nSPS) is 11.8. The van der Waals surface area contributed by atoms with Crippen LogP contribution in [0.1, 0.15) is 12.0 Å². The molecule has 1 aromatic carbocycles. The first-order valence-corrected chi connectivity index (χ1v) is 7.60. The van der Waals surface area contributed by atoms with E-state index in [9.17, 15) is 27.3 Å². The highest BCUT2D eigenvalue weighted by molar-refractivity contribution is 8.00. The van der Waals surface area contributed by atoms with E-state index in [2.05, 4.69) is 0 Å². The van der Waals surface area contributed by atoms with Crippen molar-refractivity contribution in [3.05, 3.63) is 33.9 Å². The van der Waals surface area contributed by atoms with E-state index < -0.39 is 32.6 Å². The van der Waals surface area contributed by atoms with Crippen LogP contribution in [0.25, 0.3) is 0 Å². The molecule has 10 heteroatoms. The van der Waals surface area contributed by atoms with Gasteiger partial charge in [-0.1, -0.05) is 0 Å². The average molecular weight is 312 g/mol. The maximum atomic E-state index is 12.8. The Labute approximate surface area is 112 Å². The molecule has 0 aliphatic rings. The van der Waals surface area contributed by atoms with Crippen LogP contribution < -0.4 is 5.14 Å². The summed E-state index contributed by atoms with van der Waals surface area (Å²) < 4.78 is 46.9. The molecular formula is C9H10F2N2O4S2. The van der Waals surface area contributed by atoms with Crippen molar-refractivity contribution < 1.29 is 22.1 Å². The lowest BCUT2D eigenvalue weighted by atomic mass is 10.2. The molecule has 0 amide bonds. The Hall–Kier alpha value is -1.26. The van der Waals surface area contributed by atoms with Gasteiger partial charge in [0.2, 0.25) is 10.0 Å². The topological polar surface area (TPSA) is 103 Å². The van der Waals surface area contributed by atoms with Crippen LogP contribution in [0.4, 0.5) is 14.5 Å². The number of rotatable bonds is 6. The van der Waals surface area contributed by atoms with Crippen molar-refractivity contribution in [3.8, 4) is 0 Å². The Morgan fingerprint density at radius 2 is 2.05 bits per heavy atom. The molecule has 1 rings (SSSR count). The molecule has 1 aromatic rings. The highest BCUT2D eigenvalue weighted by Crippen LogP contribution is 2.33. The molecule has 0 unspecified atom stereocenters. The summed E-state index contributed by atoms with van der Waals surface area (Å²) in [6.07, 6.45) is -2.88. The van der Waals surface area contributed by atoms with Gasteiger partial charge in [0.1, 0.15) is 0 Å². The molecule has 0 bridgehead atoms. The predicted molar refractivity (Wildman–Crippen MR) is 66.8 cm³/mol. The van der Waals surface area contributed by atoms with E-state index >= 15 is 0 Å². The molecule has 0 aliphatic carbocycles. The zero-order chi connectivity index (χ0) is 14.6. The van der Waals surface area contributed by atoms with Gasteiger partial charge < -0.3 is 0 Å². The average Bonchev–Trinajstić information content (AvgIpc) is 2.27. The number of alkyl halides is 2. The molecule has 0 radical (unpaired) electrons. The third kappa shape index (κ3) is 5.09. The van der Waals surface area contributed by atoms with Crippen LogP contribution in [0.5, 0.6) is 0 Å². The number of hydrogen-bond donors (Lipinski definition) is 1. The van der Waals surface area contributed by atoms with Gasteiger partial charge in [0.15, 0.2) is 0 Å². The number of benzene rings is 1. The number of non-ortho nitro benzene ring substituents is 1. The third-order valence-electron chi connectivity index (χ3n) is 2.06. The van der Waals surface area contributed by atoms with Crippen molar-refractivity contribution in [2.75, 3.05) is 11.5 Å². The molecular weight excluding hydrogens is 302 g/mol. The van der Waals surface area contributed by atoms with E-state index in [-0.39, 0.29) is 16.4 Å². The van der Waals surface area contributed by atoms with Crippen molar-refractivity contribution in [2.45, 2.75) is 11.3 Å². The van der Waals surface area contributed by atoms with E-state index in [4.69, 9.17) is 5.14 Å². The fourth-order valence-corrected chi connectivity index (χ4v) is 3.18. The van der Waals surface area contributed by atoms with Gasteiger partial charge in [-0.05, 0) is 6.07 Å². The minimum absolute atomic E-state index is 0.00361. The van der Waals surface area contributed by atoms with Gasteiger partial charge in [0.05, 0.1) is 10.7 Å². The first-order valence-electron chi connectivity index (χ1n) is 4.90. The zero-order valence-electron chi connectivity index (χ0n) is 9.45. The third-order valence-corrected chi connectivity index (χ3v) is 4.19. The summed E-state index contributed by atoms with van der Waals surface area (Å²) in [6, 6.07) is 3.04. The van der Waals surface area contributed by atoms with Crippen molar-refractivity contribution >= 4 is 27.5 Å². The Bertz CT molecular complexity index is 578. The lowest BCUT2D eigenvalue weighted by Crippen LogP contribution is -2.17. The summed E-state index contributed by atoms with van der Waals surface area (Å²) in [5, 5.41) is 15.3. The van der Waals surface area contributed by atoms with Crippen molar-refractivity contribution in [2.24, 2.45) is 5.14 Å². The molecule has 0 atom stereocenters. The monoisotopic (exact) mass is 312 g/mol. The van der Waals surface area contributed by atoms with Crippen LogP contribution in [0.3, 0.4) is 0 Å². The number of thioether (sulfide) groups is 1. The number of sulfonamides is 1. The number of nitrogens with zero attached hydrogens (tertiary/aromatic N) is 1. The number of hydrogen-bond acceptors (Lipinski definition) is 5. The van der Waals surface area contributed by atoms with Gasteiger partial charge in [-0.15, -0.1) is 11.8 Å². The summed E-state index contributed by atoms with van der Waals surface area (Å²) in [7, 11) is -3.67. The summed E-state index contributed by atoms with van der Waals surface area (Å²) in [5.41, 5.74) is -0.931. The first kappa shape index (κ1) is 15.8. The lowest BCUT2D eigenvalue weighted by molar-refractivity contribution is -0.385. The minimum Gasteiger partial charge on any atom is -0.258 e. The number of nitro groups is 1. The SMILES string of the molecule is NS(=O)(=O)CCSc1ccc([N+](=O)[O-])cc1C(F)F. The molecule has 0 aliphatic heterocycles. The van der Waals surface area contributed by atoms with Gasteiger partial charge >= 0.3 is 0 Å². The molecule has 19 heavy (non-hydrogen) atoms. The Morgan fingerprint density at radius 1 is 1.42 bits per heavy atom. The van der Waals surface area contributed by atoms with E-state index in [1.165, 1.54) is 6.07 Å². The van der Waals surface area contributed by atoms with Crippen LogP contribution in [-0.2, 0) is 10.0 Å². The van der Waals surface area contributed by atoms with Gasteiger partial charge in [0.25, 0.3) is 12.1 Å². The molecule has 0 spiro atoms. The molecule has 106 valence electrons. The molecule has 0 fully saturated rings. The van der Waals surface area contributed by atoms with Crippen LogP contribution in [-0.4, -0.2) is 24.8 Å². The number of nitrogens with two attached hydrogens (primary N) is 1. The molecule has 0 heterocycles. The van der Waals surface area contributed by atoms with E-state index in [0.29, 0.717) is 0 Å². The highest BCUT2D eigenvalue weighted by Gasteiger charge is 2.18. The van der Waals surface area contributed by atoms with Crippen LogP contribution in [0.15, 0.2) is 23.1 Å². The second kappa shape index (κ2) is 6.26. The van der Waals surface area contributed by atoms with Gasteiger partial charge in [-0.3, -0.25) is 10.1 Å². The fraction of sp³-hybridized carbons (Fsp3) is 0.333. The van der Waals surface area contributed by atoms with E-state index in [1.54, 1.807) is 0 Å². The van der Waals surface area contributed by atoms with E-state index in [1.807, 2.05) is 0 Å². The summed E-state index contributed by atoms with van der Waals surface area (Å²) in [6.45, 7) is 0. The Kier molecular flexibility index (Phi) is 5.20. The molecule has 0 saturated carbocycles. The van der Waals surface area contributed by atoms with Crippen molar-refractivity contribution in [1.82, 2.24) is 0 Å². The predicted octanol–water partition coefficient (Wildman–Crippen LogP) is 1.91. The molecule has 0 saturated heterocycles. The molecule has 2 N–H and O–H groups in total. The largest absolute Gasteiger partial charge is 0.269 e.